The predicted octanol–water partition coefficient (Wildman–Crippen LogP) is 3.28. The molecule has 4 nitrogen and oxygen atoms in total. The number of aryl methyl sites for hydroxylation is 1. The number of benzene rings is 1. The molecule has 0 bridgehead atoms. The third-order valence-corrected chi connectivity index (χ3v) is 4.90. The Bertz CT molecular complexity index is 525. The summed E-state index contributed by atoms with van der Waals surface area (Å²) in [7, 11) is 0. The van der Waals surface area contributed by atoms with Crippen LogP contribution in [0.25, 0.3) is 0 Å². The maximum Gasteiger partial charge on any atom is 0.188 e. The van der Waals surface area contributed by atoms with Crippen molar-refractivity contribution in [1.29, 1.82) is 0 Å². The molecule has 0 radical (unpaired) electrons. The summed E-state index contributed by atoms with van der Waals surface area (Å²) in [6.07, 6.45) is 2.54. The number of halogens is 1. The number of nitrogens with one attached hydrogen (secondary N) is 1. The van der Waals surface area contributed by atoms with Crippen LogP contribution in [-0.4, -0.2) is 43.1 Å². The maximum absolute atomic E-state index is 6.07. The first-order chi connectivity index (χ1) is 10.9. The highest BCUT2D eigenvalue weighted by atomic mass is 127. The standard InChI is InChI=1S/C19H32N4.HI/c1-5-23-12-6-7-17(23)13-21-18(20)22-14-19(3,4)16-10-8-15(2)9-11-16;/h8-11,17H,5-7,12-14H2,1-4H3,(H3,20,21,22);1H. The average molecular weight is 444 g/mol. The first-order valence-electron chi connectivity index (χ1n) is 8.77. The van der Waals surface area contributed by atoms with Gasteiger partial charge in [-0.2, -0.15) is 0 Å². The smallest absolute Gasteiger partial charge is 0.188 e. The Hall–Kier alpha value is -0.820. The van der Waals surface area contributed by atoms with E-state index in [1.54, 1.807) is 0 Å². The van der Waals surface area contributed by atoms with E-state index in [1.165, 1.54) is 30.5 Å². The molecule has 1 aromatic rings. The van der Waals surface area contributed by atoms with Crippen molar-refractivity contribution in [2.45, 2.75) is 52.0 Å². The van der Waals surface area contributed by atoms with Crippen LogP contribution >= 0.6 is 24.0 Å². The van der Waals surface area contributed by atoms with Gasteiger partial charge in [-0.3, -0.25) is 9.89 Å². The Morgan fingerprint density at radius 1 is 1.33 bits per heavy atom. The van der Waals surface area contributed by atoms with Gasteiger partial charge in [0.05, 0.1) is 6.54 Å². The van der Waals surface area contributed by atoms with E-state index >= 15 is 0 Å². The van der Waals surface area contributed by atoms with Crippen LogP contribution in [0.15, 0.2) is 29.3 Å². The second kappa shape index (κ2) is 9.61. The van der Waals surface area contributed by atoms with Crippen LogP contribution in [0, 0.1) is 6.92 Å². The fourth-order valence-electron chi connectivity index (χ4n) is 3.20. The van der Waals surface area contributed by atoms with Crippen LogP contribution in [0.4, 0.5) is 0 Å². The molecule has 0 saturated carbocycles. The molecule has 1 aliphatic rings. The molecule has 2 rings (SSSR count). The van der Waals surface area contributed by atoms with Gasteiger partial charge >= 0.3 is 0 Å². The van der Waals surface area contributed by atoms with Crippen molar-refractivity contribution in [3.05, 3.63) is 35.4 Å². The highest BCUT2D eigenvalue weighted by Crippen LogP contribution is 2.23. The van der Waals surface area contributed by atoms with Gasteiger partial charge in [0.25, 0.3) is 0 Å². The number of nitrogens with two attached hydrogens (primary N) is 1. The summed E-state index contributed by atoms with van der Waals surface area (Å²) in [5, 5.41) is 3.31. The molecular weight excluding hydrogens is 411 g/mol. The molecule has 1 aromatic carbocycles. The number of nitrogens with zero attached hydrogens (tertiary/aromatic N) is 2. The topological polar surface area (TPSA) is 53.6 Å². The quantitative estimate of drug-likeness (QED) is 0.402. The minimum atomic E-state index is -0.0111. The largest absolute Gasteiger partial charge is 0.370 e. The molecular formula is C19H33IN4. The van der Waals surface area contributed by atoms with Gasteiger partial charge in [0.2, 0.25) is 0 Å². The van der Waals surface area contributed by atoms with E-state index in [9.17, 15) is 0 Å². The monoisotopic (exact) mass is 444 g/mol. The first kappa shape index (κ1) is 21.2. The lowest BCUT2D eigenvalue weighted by Crippen LogP contribution is -2.43. The van der Waals surface area contributed by atoms with Crippen molar-refractivity contribution >= 4 is 29.9 Å². The zero-order valence-electron chi connectivity index (χ0n) is 15.5. The molecule has 1 unspecified atom stereocenters. The summed E-state index contributed by atoms with van der Waals surface area (Å²) >= 11 is 0. The molecule has 0 spiro atoms. The minimum absolute atomic E-state index is 0. The van der Waals surface area contributed by atoms with E-state index in [0.29, 0.717) is 18.5 Å². The van der Waals surface area contributed by atoms with Crippen molar-refractivity contribution < 1.29 is 0 Å². The highest BCUT2D eigenvalue weighted by molar-refractivity contribution is 14.0. The van der Waals surface area contributed by atoms with Gasteiger partial charge in [-0.25, -0.2) is 0 Å². The molecule has 3 N–H and O–H groups in total. The van der Waals surface area contributed by atoms with Crippen molar-refractivity contribution in [3.8, 4) is 0 Å². The Labute approximate surface area is 164 Å². The summed E-state index contributed by atoms with van der Waals surface area (Å²) in [6.45, 7) is 12.7. The molecule has 1 atom stereocenters. The minimum Gasteiger partial charge on any atom is -0.370 e. The van der Waals surface area contributed by atoms with E-state index in [-0.39, 0.29) is 29.4 Å². The molecule has 0 amide bonds. The molecule has 24 heavy (non-hydrogen) atoms. The third-order valence-electron chi connectivity index (χ3n) is 4.90. The second-order valence-corrected chi connectivity index (χ2v) is 7.26. The van der Waals surface area contributed by atoms with E-state index in [4.69, 9.17) is 5.73 Å². The van der Waals surface area contributed by atoms with Gasteiger partial charge in [-0.05, 0) is 38.4 Å². The zero-order chi connectivity index (χ0) is 16.9. The van der Waals surface area contributed by atoms with Crippen LogP contribution in [0.1, 0.15) is 44.7 Å². The van der Waals surface area contributed by atoms with Crippen LogP contribution in [0.5, 0.6) is 0 Å². The van der Waals surface area contributed by atoms with E-state index in [2.05, 4.69) is 67.2 Å². The Kier molecular flexibility index (Phi) is 8.50. The normalized spacial score (nSPS) is 19.2. The fraction of sp³-hybridized carbons (Fsp3) is 0.632. The Balaban J connectivity index is 0.00000288. The molecule has 1 heterocycles. The summed E-state index contributed by atoms with van der Waals surface area (Å²) < 4.78 is 0. The highest BCUT2D eigenvalue weighted by Gasteiger charge is 2.23. The number of hydrogen-bond acceptors (Lipinski definition) is 2. The summed E-state index contributed by atoms with van der Waals surface area (Å²) in [4.78, 5) is 7.08. The van der Waals surface area contributed by atoms with Crippen LogP contribution in [-0.2, 0) is 5.41 Å². The average Bonchev–Trinajstić information content (AvgIpc) is 2.99. The molecule has 0 aromatic heterocycles. The number of aliphatic imine (C=N–C) groups is 1. The van der Waals surface area contributed by atoms with Crippen molar-refractivity contribution in [1.82, 2.24) is 10.2 Å². The zero-order valence-corrected chi connectivity index (χ0v) is 17.8. The SMILES string of the molecule is CCN1CCCC1CNC(N)=NCC(C)(C)c1ccc(C)cc1.I. The van der Waals surface area contributed by atoms with Gasteiger partial charge in [0.1, 0.15) is 0 Å². The van der Waals surface area contributed by atoms with Gasteiger partial charge in [0, 0.05) is 18.0 Å². The predicted molar refractivity (Wildman–Crippen MR) is 114 cm³/mol. The number of likely N-dealkylation sites (N-methyl/N-ethyl adjacent to an activating group) is 1. The number of likely N-dealkylation sites (tertiary alicyclic amines) is 1. The van der Waals surface area contributed by atoms with Gasteiger partial charge in [0.15, 0.2) is 5.96 Å². The summed E-state index contributed by atoms with van der Waals surface area (Å²) in [5.41, 5.74) is 8.64. The fourth-order valence-corrected chi connectivity index (χ4v) is 3.20. The van der Waals surface area contributed by atoms with Crippen molar-refractivity contribution in [3.63, 3.8) is 0 Å². The van der Waals surface area contributed by atoms with Crippen molar-refractivity contribution in [2.75, 3.05) is 26.2 Å². The number of rotatable bonds is 6. The molecule has 0 aliphatic carbocycles. The van der Waals surface area contributed by atoms with Gasteiger partial charge in [-0.15, -0.1) is 24.0 Å². The Morgan fingerprint density at radius 2 is 2.00 bits per heavy atom. The first-order valence-corrected chi connectivity index (χ1v) is 8.77. The lowest BCUT2D eigenvalue weighted by Gasteiger charge is -2.25. The lowest BCUT2D eigenvalue weighted by molar-refractivity contribution is 0.267. The van der Waals surface area contributed by atoms with Crippen LogP contribution in [0.3, 0.4) is 0 Å². The molecule has 1 fully saturated rings. The number of guanidine groups is 1. The molecule has 5 heteroatoms. The second-order valence-electron chi connectivity index (χ2n) is 7.26. The van der Waals surface area contributed by atoms with E-state index in [0.717, 1.165) is 13.1 Å². The molecule has 136 valence electrons. The molecule has 1 aliphatic heterocycles. The van der Waals surface area contributed by atoms with Gasteiger partial charge < -0.3 is 11.1 Å². The van der Waals surface area contributed by atoms with Gasteiger partial charge in [-0.1, -0.05) is 50.6 Å². The number of hydrogen-bond donors (Lipinski definition) is 2. The third kappa shape index (κ3) is 5.92. The maximum atomic E-state index is 6.07. The van der Waals surface area contributed by atoms with Crippen molar-refractivity contribution in [2.24, 2.45) is 10.7 Å². The Morgan fingerprint density at radius 3 is 2.62 bits per heavy atom. The van der Waals surface area contributed by atoms with Crippen LogP contribution in [0.2, 0.25) is 0 Å². The summed E-state index contributed by atoms with van der Waals surface area (Å²) in [6, 6.07) is 9.28. The van der Waals surface area contributed by atoms with Crippen LogP contribution < -0.4 is 11.1 Å². The molecule has 1 saturated heterocycles. The summed E-state index contributed by atoms with van der Waals surface area (Å²) in [5.74, 6) is 0.563. The van der Waals surface area contributed by atoms with E-state index < -0.39 is 0 Å². The van der Waals surface area contributed by atoms with E-state index in [1.807, 2.05) is 0 Å². The lowest BCUT2D eigenvalue weighted by atomic mass is 9.84.